The molecule has 0 radical (unpaired) electrons. The van der Waals surface area contributed by atoms with E-state index >= 15 is 0 Å². The lowest BCUT2D eigenvalue weighted by atomic mass is 9.78. The Morgan fingerprint density at radius 1 is 1.05 bits per heavy atom. The van der Waals surface area contributed by atoms with Gasteiger partial charge in [0.15, 0.2) is 0 Å². The fourth-order valence-corrected chi connectivity index (χ4v) is 3.25. The van der Waals surface area contributed by atoms with Gasteiger partial charge in [-0.05, 0) is 35.1 Å². The number of benzene rings is 2. The van der Waals surface area contributed by atoms with E-state index in [9.17, 15) is 4.79 Å². The second-order valence-corrected chi connectivity index (χ2v) is 5.64. The van der Waals surface area contributed by atoms with E-state index in [1.165, 1.54) is 18.2 Å². The van der Waals surface area contributed by atoms with Crippen LogP contribution in [0.3, 0.4) is 0 Å². The van der Waals surface area contributed by atoms with Gasteiger partial charge < -0.3 is 10.5 Å². The van der Waals surface area contributed by atoms with Crippen molar-refractivity contribution in [3.8, 4) is 11.1 Å². The first kappa shape index (κ1) is 13.8. The fraction of sp³-hybridized carbons (Fsp3) is 0.278. The van der Waals surface area contributed by atoms with Crippen LogP contribution in [0.25, 0.3) is 11.1 Å². The number of fused-ring (bicyclic) bond motifs is 3. The first-order valence-electron chi connectivity index (χ1n) is 7.15. The predicted molar refractivity (Wildman–Crippen MR) is 82.8 cm³/mol. The van der Waals surface area contributed by atoms with Gasteiger partial charge >= 0.3 is 5.97 Å². The molecule has 0 saturated carbocycles. The van der Waals surface area contributed by atoms with Crippen molar-refractivity contribution in [1.82, 2.24) is 0 Å². The Hall–Kier alpha value is -2.13. The summed E-state index contributed by atoms with van der Waals surface area (Å²) in [5.41, 5.74) is 9.99. The molecule has 21 heavy (non-hydrogen) atoms. The van der Waals surface area contributed by atoms with Crippen LogP contribution in [0.4, 0.5) is 0 Å². The summed E-state index contributed by atoms with van der Waals surface area (Å²) in [6, 6.07) is 16.4. The lowest BCUT2D eigenvalue weighted by molar-refractivity contribution is -0.152. The first-order valence-corrected chi connectivity index (χ1v) is 7.15. The summed E-state index contributed by atoms with van der Waals surface area (Å²) >= 11 is 0. The van der Waals surface area contributed by atoms with Gasteiger partial charge in [0.2, 0.25) is 0 Å². The van der Waals surface area contributed by atoms with E-state index in [0.29, 0.717) is 12.8 Å². The molecule has 0 unspecified atom stereocenters. The van der Waals surface area contributed by atoms with Crippen molar-refractivity contribution in [1.29, 1.82) is 0 Å². The van der Waals surface area contributed by atoms with Crippen molar-refractivity contribution >= 4 is 5.97 Å². The van der Waals surface area contributed by atoms with Crippen molar-refractivity contribution in [2.24, 2.45) is 11.1 Å². The Kier molecular flexibility index (Phi) is 3.52. The van der Waals surface area contributed by atoms with Crippen LogP contribution in [0.5, 0.6) is 0 Å². The van der Waals surface area contributed by atoms with Crippen molar-refractivity contribution < 1.29 is 9.53 Å². The maximum absolute atomic E-state index is 12.4. The Labute approximate surface area is 124 Å². The zero-order valence-corrected chi connectivity index (χ0v) is 12.1. The van der Waals surface area contributed by atoms with Gasteiger partial charge in [0.1, 0.15) is 0 Å². The number of carbonyl (C=O) groups is 1. The molecule has 3 nitrogen and oxygen atoms in total. The molecule has 0 aliphatic heterocycles. The minimum atomic E-state index is -0.683. The van der Waals surface area contributed by atoms with E-state index in [0.717, 1.165) is 11.1 Å². The zero-order valence-electron chi connectivity index (χ0n) is 12.1. The summed E-state index contributed by atoms with van der Waals surface area (Å²) in [6.45, 7) is 0.280. The maximum Gasteiger partial charge on any atom is 0.313 e. The molecule has 0 heterocycles. The Balaban J connectivity index is 2.23. The van der Waals surface area contributed by atoms with Crippen LogP contribution < -0.4 is 5.73 Å². The van der Waals surface area contributed by atoms with Crippen molar-refractivity contribution in [2.45, 2.75) is 12.8 Å². The molecule has 108 valence electrons. The summed E-state index contributed by atoms with van der Waals surface area (Å²) in [5, 5.41) is 0. The Bertz CT molecular complexity index is 631. The van der Waals surface area contributed by atoms with Crippen LogP contribution in [-0.2, 0) is 22.4 Å². The highest BCUT2D eigenvalue weighted by Gasteiger charge is 2.41. The number of esters is 1. The monoisotopic (exact) mass is 281 g/mol. The molecule has 1 aliphatic rings. The van der Waals surface area contributed by atoms with Gasteiger partial charge in [-0.2, -0.15) is 0 Å². The lowest BCUT2D eigenvalue weighted by Crippen LogP contribution is -2.43. The van der Waals surface area contributed by atoms with Crippen LogP contribution in [0.15, 0.2) is 48.5 Å². The zero-order chi connectivity index (χ0) is 14.9. The average molecular weight is 281 g/mol. The molecule has 0 fully saturated rings. The molecule has 3 rings (SSSR count). The average Bonchev–Trinajstić information content (AvgIpc) is 2.69. The topological polar surface area (TPSA) is 52.3 Å². The number of hydrogen-bond acceptors (Lipinski definition) is 3. The van der Waals surface area contributed by atoms with Gasteiger partial charge in [0.05, 0.1) is 12.5 Å². The number of hydrogen-bond donors (Lipinski definition) is 1. The maximum atomic E-state index is 12.4. The summed E-state index contributed by atoms with van der Waals surface area (Å²) in [5.74, 6) is -0.225. The number of methoxy groups -OCH3 is 1. The van der Waals surface area contributed by atoms with Gasteiger partial charge in [0.25, 0.3) is 0 Å². The molecule has 0 bridgehead atoms. The Morgan fingerprint density at radius 2 is 1.52 bits per heavy atom. The van der Waals surface area contributed by atoms with Crippen LogP contribution in [0.2, 0.25) is 0 Å². The second kappa shape index (κ2) is 5.34. The highest BCUT2D eigenvalue weighted by molar-refractivity contribution is 5.81. The lowest BCUT2D eigenvalue weighted by Gasteiger charge is -2.28. The van der Waals surface area contributed by atoms with Crippen LogP contribution >= 0.6 is 0 Å². The molecule has 1 aliphatic carbocycles. The Morgan fingerprint density at radius 3 is 1.95 bits per heavy atom. The first-order chi connectivity index (χ1) is 10.2. The van der Waals surface area contributed by atoms with Gasteiger partial charge in [-0.3, -0.25) is 4.79 Å². The smallest absolute Gasteiger partial charge is 0.313 e. The molecule has 3 heteroatoms. The highest BCUT2D eigenvalue weighted by Crippen LogP contribution is 2.40. The van der Waals surface area contributed by atoms with Crippen molar-refractivity contribution in [3.05, 3.63) is 59.7 Å². The molecule has 2 aromatic rings. The van der Waals surface area contributed by atoms with E-state index in [4.69, 9.17) is 10.5 Å². The van der Waals surface area contributed by atoms with Crippen molar-refractivity contribution in [2.75, 3.05) is 13.7 Å². The number of rotatable bonds is 2. The normalized spacial score (nSPS) is 15.5. The molecule has 0 saturated heterocycles. The van der Waals surface area contributed by atoms with Gasteiger partial charge in [-0.25, -0.2) is 0 Å². The van der Waals surface area contributed by atoms with E-state index in [2.05, 4.69) is 24.3 Å². The van der Waals surface area contributed by atoms with Crippen LogP contribution in [-0.4, -0.2) is 19.6 Å². The van der Waals surface area contributed by atoms with E-state index in [1.54, 1.807) is 0 Å². The SMILES string of the molecule is COC(=O)C1(CN)Cc2ccccc2-c2ccccc2C1. The summed E-state index contributed by atoms with van der Waals surface area (Å²) in [4.78, 5) is 12.4. The second-order valence-electron chi connectivity index (χ2n) is 5.64. The number of carbonyl (C=O) groups excluding carboxylic acids is 1. The molecule has 0 atom stereocenters. The van der Waals surface area contributed by atoms with Gasteiger partial charge in [-0.15, -0.1) is 0 Å². The molecule has 0 amide bonds. The molecule has 0 spiro atoms. The van der Waals surface area contributed by atoms with E-state index in [1.807, 2.05) is 24.3 Å². The number of nitrogens with two attached hydrogens (primary N) is 1. The third-order valence-corrected chi connectivity index (χ3v) is 4.39. The number of ether oxygens (including phenoxy) is 1. The summed E-state index contributed by atoms with van der Waals surface area (Å²) < 4.78 is 5.05. The predicted octanol–water partition coefficient (Wildman–Crippen LogP) is 2.57. The molecular weight excluding hydrogens is 262 g/mol. The largest absolute Gasteiger partial charge is 0.469 e. The van der Waals surface area contributed by atoms with Gasteiger partial charge in [-0.1, -0.05) is 48.5 Å². The van der Waals surface area contributed by atoms with E-state index in [-0.39, 0.29) is 12.5 Å². The summed E-state index contributed by atoms with van der Waals surface area (Å²) in [7, 11) is 1.43. The summed E-state index contributed by atoms with van der Waals surface area (Å²) in [6.07, 6.45) is 1.22. The molecule has 2 aromatic carbocycles. The minimum Gasteiger partial charge on any atom is -0.469 e. The third kappa shape index (κ3) is 2.24. The quantitative estimate of drug-likeness (QED) is 0.861. The minimum absolute atomic E-state index is 0.225. The van der Waals surface area contributed by atoms with Crippen molar-refractivity contribution in [3.63, 3.8) is 0 Å². The highest BCUT2D eigenvalue weighted by atomic mass is 16.5. The standard InChI is InChI=1S/C18H19NO2/c1-21-17(20)18(12-19)10-13-6-2-4-8-15(13)16-9-5-3-7-14(16)11-18/h2-9H,10-12,19H2,1H3. The molecular formula is C18H19NO2. The third-order valence-electron chi connectivity index (χ3n) is 4.39. The fourth-order valence-electron chi connectivity index (χ4n) is 3.25. The van der Waals surface area contributed by atoms with Crippen LogP contribution in [0.1, 0.15) is 11.1 Å². The van der Waals surface area contributed by atoms with Gasteiger partial charge in [0, 0.05) is 6.54 Å². The molecule has 0 aromatic heterocycles. The van der Waals surface area contributed by atoms with Crippen LogP contribution in [0, 0.1) is 5.41 Å². The van der Waals surface area contributed by atoms with E-state index < -0.39 is 5.41 Å². The molecule has 2 N–H and O–H groups in total.